The number of pyridine rings is 1. The predicted molar refractivity (Wildman–Crippen MR) is 75.3 cm³/mol. The molecule has 1 aromatic heterocycles. The van der Waals surface area contributed by atoms with Crippen LogP contribution in [0.3, 0.4) is 0 Å². The van der Waals surface area contributed by atoms with Crippen molar-refractivity contribution in [2.45, 2.75) is 26.4 Å². The topological polar surface area (TPSA) is 63.6 Å². The number of anilines is 1. The van der Waals surface area contributed by atoms with Crippen LogP contribution in [-0.2, 0) is 4.74 Å². The lowest BCUT2D eigenvalue weighted by Gasteiger charge is -2.19. The van der Waals surface area contributed by atoms with Crippen LogP contribution in [0.4, 0.5) is 10.6 Å². The fourth-order valence-corrected chi connectivity index (χ4v) is 1.49. The van der Waals surface area contributed by atoms with Gasteiger partial charge < -0.3 is 4.74 Å². The van der Waals surface area contributed by atoms with E-state index in [2.05, 4.69) is 31.2 Å². The maximum absolute atomic E-state index is 11.6. The van der Waals surface area contributed by atoms with E-state index in [9.17, 15) is 4.79 Å². The minimum Gasteiger partial charge on any atom is -0.444 e. The van der Waals surface area contributed by atoms with Crippen molar-refractivity contribution in [3.05, 3.63) is 22.3 Å². The van der Waals surface area contributed by atoms with Crippen LogP contribution in [0.5, 0.6) is 0 Å². The van der Waals surface area contributed by atoms with Gasteiger partial charge in [-0.3, -0.25) is 10.3 Å². The molecule has 6 heteroatoms. The molecule has 0 unspecified atom stereocenters. The zero-order chi connectivity index (χ0) is 13.8. The average molecular weight is 314 g/mol. The van der Waals surface area contributed by atoms with Crippen LogP contribution in [0.2, 0.25) is 0 Å². The van der Waals surface area contributed by atoms with E-state index in [-0.39, 0.29) is 0 Å². The quantitative estimate of drug-likeness (QED) is 0.852. The Labute approximate surface area is 115 Å². The standard InChI is InChI=1S/C12H16BrN3O2/c1-12(2,3)18-11(17)16-10-5-8(6-14-4)9(13)7-15-10/h5-7H,1-4H3,(H,15,16,17)/b14-6+. The van der Waals surface area contributed by atoms with Gasteiger partial charge >= 0.3 is 6.09 Å². The first-order valence-corrected chi connectivity index (χ1v) is 6.19. The lowest BCUT2D eigenvalue weighted by molar-refractivity contribution is 0.0635. The van der Waals surface area contributed by atoms with Crippen molar-refractivity contribution in [1.82, 2.24) is 4.98 Å². The molecule has 1 N–H and O–H groups in total. The zero-order valence-electron chi connectivity index (χ0n) is 10.8. The van der Waals surface area contributed by atoms with Crippen molar-refractivity contribution in [3.8, 4) is 0 Å². The number of rotatable bonds is 2. The maximum Gasteiger partial charge on any atom is 0.413 e. The third-order valence-electron chi connectivity index (χ3n) is 1.78. The summed E-state index contributed by atoms with van der Waals surface area (Å²) in [7, 11) is 1.67. The molecule has 0 atom stereocenters. The molecule has 0 saturated heterocycles. The van der Waals surface area contributed by atoms with E-state index >= 15 is 0 Å². The van der Waals surface area contributed by atoms with Crippen LogP contribution in [-0.4, -0.2) is 29.9 Å². The summed E-state index contributed by atoms with van der Waals surface area (Å²) in [6.45, 7) is 5.41. The lowest BCUT2D eigenvalue weighted by Crippen LogP contribution is -2.27. The largest absolute Gasteiger partial charge is 0.444 e. The molecule has 0 aliphatic heterocycles. The Balaban J connectivity index is 2.79. The molecule has 1 heterocycles. The smallest absolute Gasteiger partial charge is 0.413 e. The van der Waals surface area contributed by atoms with Crippen LogP contribution in [0, 0.1) is 0 Å². The highest BCUT2D eigenvalue weighted by Crippen LogP contribution is 2.17. The fraction of sp³-hybridized carbons (Fsp3) is 0.417. The number of nitrogens with one attached hydrogen (secondary N) is 1. The van der Waals surface area contributed by atoms with Crippen molar-refractivity contribution < 1.29 is 9.53 Å². The summed E-state index contributed by atoms with van der Waals surface area (Å²) < 4.78 is 5.94. The highest BCUT2D eigenvalue weighted by molar-refractivity contribution is 9.10. The first kappa shape index (κ1) is 14.6. The zero-order valence-corrected chi connectivity index (χ0v) is 12.4. The summed E-state index contributed by atoms with van der Waals surface area (Å²) in [5.41, 5.74) is 0.297. The Morgan fingerprint density at radius 1 is 1.56 bits per heavy atom. The van der Waals surface area contributed by atoms with E-state index in [1.807, 2.05) is 0 Å². The molecule has 0 radical (unpaired) electrons. The third-order valence-corrected chi connectivity index (χ3v) is 2.44. The number of hydrogen-bond donors (Lipinski definition) is 1. The Kier molecular flexibility index (Phi) is 4.84. The van der Waals surface area contributed by atoms with Gasteiger partial charge in [0, 0.05) is 29.5 Å². The van der Waals surface area contributed by atoms with Crippen molar-refractivity contribution in [2.24, 2.45) is 4.99 Å². The van der Waals surface area contributed by atoms with Crippen molar-refractivity contribution in [3.63, 3.8) is 0 Å². The second-order valence-corrected chi connectivity index (χ2v) is 5.46. The number of carbonyl (C=O) groups excluding carboxylic acids is 1. The molecule has 5 nitrogen and oxygen atoms in total. The predicted octanol–water partition coefficient (Wildman–Crippen LogP) is 3.24. The normalized spacial score (nSPS) is 11.6. The summed E-state index contributed by atoms with van der Waals surface area (Å²) in [6.07, 6.45) is 2.74. The monoisotopic (exact) mass is 313 g/mol. The van der Waals surface area contributed by atoms with Gasteiger partial charge in [0.25, 0.3) is 0 Å². The van der Waals surface area contributed by atoms with Crippen LogP contribution in [0.25, 0.3) is 0 Å². The Morgan fingerprint density at radius 3 is 2.78 bits per heavy atom. The molecule has 0 aromatic carbocycles. The van der Waals surface area contributed by atoms with Crippen LogP contribution >= 0.6 is 15.9 Å². The Hall–Kier alpha value is -1.43. The Bertz CT molecular complexity index is 467. The van der Waals surface area contributed by atoms with Gasteiger partial charge in [0.05, 0.1) is 0 Å². The van der Waals surface area contributed by atoms with E-state index in [4.69, 9.17) is 4.74 Å². The molecule has 1 amide bonds. The van der Waals surface area contributed by atoms with E-state index in [0.29, 0.717) is 5.82 Å². The van der Waals surface area contributed by atoms with Crippen molar-refractivity contribution >= 4 is 34.1 Å². The molecule has 18 heavy (non-hydrogen) atoms. The molecule has 0 saturated carbocycles. The summed E-state index contributed by atoms with van der Waals surface area (Å²) in [5, 5.41) is 2.57. The van der Waals surface area contributed by atoms with Crippen LogP contribution < -0.4 is 5.32 Å². The average Bonchev–Trinajstić information content (AvgIpc) is 2.20. The number of ether oxygens (including phenoxy) is 1. The summed E-state index contributed by atoms with van der Waals surface area (Å²) in [4.78, 5) is 19.6. The second kappa shape index (κ2) is 5.95. The molecular weight excluding hydrogens is 298 g/mol. The van der Waals surface area contributed by atoms with Gasteiger partial charge in [-0.05, 0) is 42.8 Å². The van der Waals surface area contributed by atoms with Gasteiger partial charge in [-0.25, -0.2) is 9.78 Å². The number of halogens is 1. The highest BCUT2D eigenvalue weighted by atomic mass is 79.9. The van der Waals surface area contributed by atoms with Crippen LogP contribution in [0.1, 0.15) is 26.3 Å². The van der Waals surface area contributed by atoms with E-state index in [0.717, 1.165) is 10.0 Å². The maximum atomic E-state index is 11.6. The van der Waals surface area contributed by atoms with Gasteiger partial charge in [0.1, 0.15) is 11.4 Å². The number of nitrogens with zero attached hydrogens (tertiary/aromatic N) is 2. The molecule has 0 aliphatic rings. The molecule has 0 spiro atoms. The number of carbonyl (C=O) groups is 1. The van der Waals surface area contributed by atoms with Gasteiger partial charge in [-0.1, -0.05) is 0 Å². The number of aromatic nitrogens is 1. The SMILES string of the molecule is C/N=C/c1cc(NC(=O)OC(C)(C)C)ncc1Br. The second-order valence-electron chi connectivity index (χ2n) is 4.61. The highest BCUT2D eigenvalue weighted by Gasteiger charge is 2.16. The molecule has 0 fully saturated rings. The lowest BCUT2D eigenvalue weighted by atomic mass is 10.2. The van der Waals surface area contributed by atoms with Crippen LogP contribution in [0.15, 0.2) is 21.7 Å². The fourth-order valence-electron chi connectivity index (χ4n) is 1.17. The van der Waals surface area contributed by atoms with E-state index < -0.39 is 11.7 Å². The van der Waals surface area contributed by atoms with Gasteiger partial charge in [0.15, 0.2) is 0 Å². The summed E-state index contributed by atoms with van der Waals surface area (Å²) >= 11 is 3.35. The third kappa shape index (κ3) is 4.83. The minimum atomic E-state index is -0.535. The number of aliphatic imine (C=N–C) groups is 1. The van der Waals surface area contributed by atoms with Gasteiger partial charge in [0.2, 0.25) is 0 Å². The molecule has 0 aliphatic carbocycles. The molecule has 1 aromatic rings. The van der Waals surface area contributed by atoms with Gasteiger partial charge in [-0.15, -0.1) is 0 Å². The first-order valence-electron chi connectivity index (χ1n) is 5.39. The Morgan fingerprint density at radius 2 is 2.22 bits per heavy atom. The molecule has 0 bridgehead atoms. The molecule has 1 rings (SSSR count). The van der Waals surface area contributed by atoms with Gasteiger partial charge in [-0.2, -0.15) is 0 Å². The number of hydrogen-bond acceptors (Lipinski definition) is 4. The number of amides is 1. The first-order chi connectivity index (χ1) is 8.31. The summed E-state index contributed by atoms with van der Waals surface area (Å²) in [5.74, 6) is 0.419. The molecular formula is C12H16BrN3O2. The molecule has 98 valence electrons. The van der Waals surface area contributed by atoms with E-state index in [1.54, 1.807) is 46.3 Å². The van der Waals surface area contributed by atoms with Crippen molar-refractivity contribution in [2.75, 3.05) is 12.4 Å². The minimum absolute atomic E-state index is 0.419. The summed E-state index contributed by atoms with van der Waals surface area (Å²) in [6, 6.07) is 1.71. The van der Waals surface area contributed by atoms with Crippen molar-refractivity contribution in [1.29, 1.82) is 0 Å². The van der Waals surface area contributed by atoms with E-state index in [1.165, 1.54) is 0 Å².